The lowest BCUT2D eigenvalue weighted by atomic mass is 10.3. The molecule has 0 rings (SSSR count). The van der Waals surface area contributed by atoms with Crippen LogP contribution in [0.2, 0.25) is 0 Å². The average molecular weight is 467 g/mol. The first-order valence-electron chi connectivity index (χ1n) is 9.55. The molecule has 0 bridgehead atoms. The summed E-state index contributed by atoms with van der Waals surface area (Å²) in [5.74, 6) is -3.39. The largest absolute Gasteiger partial charge is 0.455 e. The summed E-state index contributed by atoms with van der Waals surface area (Å²) in [5, 5.41) is 0. The molecule has 0 radical (unpaired) electrons. The Morgan fingerprint density at radius 3 is 1.06 bits per heavy atom. The van der Waals surface area contributed by atoms with Crippen molar-refractivity contribution in [2.45, 2.75) is 66.0 Å². The molecule has 186 valence electrons. The van der Waals surface area contributed by atoms with Gasteiger partial charge in [-0.1, -0.05) is 0 Å². The van der Waals surface area contributed by atoms with E-state index in [2.05, 4.69) is 9.47 Å². The summed E-state index contributed by atoms with van der Waals surface area (Å²) >= 11 is 0. The van der Waals surface area contributed by atoms with Gasteiger partial charge in [0.1, 0.15) is 13.2 Å². The van der Waals surface area contributed by atoms with Gasteiger partial charge in [0.2, 0.25) is 0 Å². The first-order chi connectivity index (χ1) is 14.8. The summed E-state index contributed by atoms with van der Waals surface area (Å²) in [6, 6.07) is 0. The maximum absolute atomic E-state index is 11.2. The topological polar surface area (TPSA) is 158 Å². The second kappa shape index (κ2) is 16.8. The van der Waals surface area contributed by atoms with E-state index in [4.69, 9.17) is 18.9 Å². The van der Waals surface area contributed by atoms with Gasteiger partial charge in [0.05, 0.1) is 0 Å². The van der Waals surface area contributed by atoms with Crippen LogP contribution in [0.15, 0.2) is 0 Å². The van der Waals surface area contributed by atoms with E-state index >= 15 is 0 Å². The third-order valence-electron chi connectivity index (χ3n) is 3.46. The second-order valence-electron chi connectivity index (χ2n) is 6.53. The van der Waals surface area contributed by atoms with Crippen molar-refractivity contribution < 1.29 is 58.6 Å². The quantitative estimate of drug-likeness (QED) is 0.288. The van der Waals surface area contributed by atoms with Crippen LogP contribution < -0.4 is 0 Å². The molecule has 0 saturated heterocycles. The molecule has 0 spiro atoms. The van der Waals surface area contributed by atoms with Crippen molar-refractivity contribution in [3.8, 4) is 0 Å². The fourth-order valence-corrected chi connectivity index (χ4v) is 1.41. The highest BCUT2D eigenvalue weighted by Gasteiger charge is 2.24. The Kier molecular flexibility index (Phi) is 16.4. The number of Topliss-reactive ketones (excluding diaryl/α,β-unsaturated/α-hetero) is 2. The predicted octanol–water partition coefficient (Wildman–Crippen LogP) is 0.416. The van der Waals surface area contributed by atoms with Crippen molar-refractivity contribution in [1.82, 2.24) is 0 Å². The number of methoxy groups -OCH3 is 2. The van der Waals surface area contributed by atoms with E-state index in [1.807, 2.05) is 0 Å². The van der Waals surface area contributed by atoms with Gasteiger partial charge in [0, 0.05) is 15.6 Å². The molecule has 12 heteroatoms. The molecule has 0 aromatic heterocycles. The minimum atomic E-state index is -1.05. The van der Waals surface area contributed by atoms with Crippen molar-refractivity contribution >= 4 is 35.4 Å². The number of hydrogen-bond donors (Lipinski definition) is 0. The van der Waals surface area contributed by atoms with Gasteiger partial charge in [-0.25, -0.2) is 19.2 Å². The van der Waals surface area contributed by atoms with Crippen molar-refractivity contribution in [3.05, 3.63) is 0 Å². The number of esters is 4. The van der Waals surface area contributed by atoms with Gasteiger partial charge in [-0.15, -0.1) is 0 Å². The summed E-state index contributed by atoms with van der Waals surface area (Å²) in [7, 11) is 2.70. The van der Waals surface area contributed by atoms with Crippen molar-refractivity contribution in [1.29, 1.82) is 0 Å². The molecule has 0 saturated carbocycles. The zero-order chi connectivity index (χ0) is 25.4. The van der Waals surface area contributed by atoms with E-state index in [1.54, 1.807) is 0 Å². The van der Waals surface area contributed by atoms with Gasteiger partial charge in [0.25, 0.3) is 0 Å². The number of carbonyl (C=O) groups excluding carboxylic acids is 6. The van der Waals surface area contributed by atoms with Gasteiger partial charge >= 0.3 is 23.9 Å². The Morgan fingerprint density at radius 1 is 0.562 bits per heavy atom. The Morgan fingerprint density at radius 2 is 0.844 bits per heavy atom. The van der Waals surface area contributed by atoms with Crippen LogP contribution in [-0.2, 0) is 57.2 Å². The molecular weight excluding hydrogens is 432 g/mol. The molecule has 0 amide bonds. The molecule has 32 heavy (non-hydrogen) atoms. The van der Waals surface area contributed by atoms with Gasteiger partial charge < -0.3 is 28.4 Å². The van der Waals surface area contributed by atoms with Crippen molar-refractivity contribution in [2.75, 3.05) is 27.4 Å². The maximum atomic E-state index is 11.2. The second-order valence-corrected chi connectivity index (χ2v) is 6.53. The van der Waals surface area contributed by atoms with Crippen LogP contribution in [0.3, 0.4) is 0 Å². The lowest BCUT2D eigenvalue weighted by molar-refractivity contribution is -0.172. The third-order valence-corrected chi connectivity index (χ3v) is 3.46. The fourth-order valence-electron chi connectivity index (χ4n) is 1.41. The zero-order valence-corrected chi connectivity index (χ0v) is 19.6. The highest BCUT2D eigenvalue weighted by molar-refractivity contribution is 5.84. The summed E-state index contributed by atoms with van der Waals surface area (Å²) in [5.41, 5.74) is 0. The fraction of sp³-hybridized carbons (Fsp3) is 0.700. The zero-order valence-electron chi connectivity index (χ0n) is 19.6. The molecule has 4 atom stereocenters. The Labute approximate surface area is 188 Å². The molecule has 0 aromatic rings. The molecular formula is C20H34O12. The summed E-state index contributed by atoms with van der Waals surface area (Å²) < 4.78 is 28.1. The van der Waals surface area contributed by atoms with E-state index in [-0.39, 0.29) is 26.2 Å². The molecule has 0 aliphatic heterocycles. The number of ketones is 2. The molecule has 0 unspecified atom stereocenters. The summed E-state index contributed by atoms with van der Waals surface area (Å²) in [4.78, 5) is 65.9. The normalized spacial score (nSPS) is 13.8. The summed E-state index contributed by atoms with van der Waals surface area (Å²) in [6.07, 6.45) is -3.60. The standard InChI is InChI=1S/2C10H16O6.H2/c2*1-6(11)5-15-9(12)8(3)16-10(13)7(2)14-4;/h2*7-8H,5H2,1-4H3;1H/t2*7-,8+;/m10./s1/i;;1+1. The van der Waals surface area contributed by atoms with Crippen LogP contribution in [-0.4, -0.2) is 87.3 Å². The maximum Gasteiger partial charge on any atom is 0.347 e. The molecule has 0 N–H and O–H groups in total. The molecule has 0 heterocycles. The molecule has 12 nitrogen and oxygen atoms in total. The predicted molar refractivity (Wildman–Crippen MR) is 109 cm³/mol. The van der Waals surface area contributed by atoms with Gasteiger partial charge in [-0.05, 0) is 41.5 Å². The van der Waals surface area contributed by atoms with Crippen LogP contribution in [0.25, 0.3) is 0 Å². The van der Waals surface area contributed by atoms with Crippen LogP contribution in [0.1, 0.15) is 43.0 Å². The first-order valence-corrected chi connectivity index (χ1v) is 9.55. The van der Waals surface area contributed by atoms with Gasteiger partial charge in [-0.3, -0.25) is 9.59 Å². The van der Waals surface area contributed by atoms with Gasteiger partial charge in [-0.2, -0.15) is 0 Å². The Bertz CT molecular complexity index is 607. The Balaban J connectivity index is -0.000000529. The van der Waals surface area contributed by atoms with Crippen molar-refractivity contribution in [3.63, 3.8) is 0 Å². The third kappa shape index (κ3) is 15.0. The van der Waals surface area contributed by atoms with E-state index in [0.29, 0.717) is 0 Å². The van der Waals surface area contributed by atoms with Crippen LogP contribution in [0.4, 0.5) is 0 Å². The minimum Gasteiger partial charge on any atom is -0.455 e. The summed E-state index contributed by atoms with van der Waals surface area (Å²) in [6.45, 7) is 7.66. The van der Waals surface area contributed by atoms with Crippen LogP contribution in [0.5, 0.6) is 0 Å². The lowest BCUT2D eigenvalue weighted by Crippen LogP contribution is -2.32. The highest BCUT2D eigenvalue weighted by Crippen LogP contribution is 2.01. The Hall–Kier alpha value is -2.86. The van der Waals surface area contributed by atoms with Crippen LogP contribution in [0, 0.1) is 0 Å². The number of ether oxygens (including phenoxy) is 6. The van der Waals surface area contributed by atoms with E-state index in [0.717, 1.165) is 0 Å². The average Bonchev–Trinajstić information content (AvgIpc) is 2.74. The molecule has 0 aromatic carbocycles. The lowest BCUT2D eigenvalue weighted by Gasteiger charge is -2.14. The monoisotopic (exact) mass is 467 g/mol. The minimum absolute atomic E-state index is 0. The number of rotatable bonds is 12. The van der Waals surface area contributed by atoms with E-state index in [1.165, 1.54) is 55.8 Å². The number of hydrogen-bond acceptors (Lipinski definition) is 12. The highest BCUT2D eigenvalue weighted by atomic mass is 16.6. The smallest absolute Gasteiger partial charge is 0.347 e. The first kappa shape index (κ1) is 31.3. The van der Waals surface area contributed by atoms with Crippen molar-refractivity contribution in [2.24, 2.45) is 0 Å². The van der Waals surface area contributed by atoms with Gasteiger partial charge in [0.15, 0.2) is 36.0 Å². The van der Waals surface area contributed by atoms with E-state index < -0.39 is 48.3 Å². The molecule has 0 aliphatic carbocycles. The molecule has 0 aliphatic rings. The van der Waals surface area contributed by atoms with E-state index in [9.17, 15) is 28.8 Å². The molecule has 0 fully saturated rings. The van der Waals surface area contributed by atoms with Crippen LogP contribution >= 0.6 is 0 Å². The number of carbonyl (C=O) groups is 6. The SMILES string of the molecule is CO[C@@H](C)C(=O)O[C@H](C)C(=O)OCC(C)=O.CO[C@H](C)C(=O)O[C@@H](C)C(=O)OCC(C)=O.[2HH].